The Balaban J connectivity index is 1.61. The molecule has 1 N–H and O–H groups in total. The summed E-state index contributed by atoms with van der Waals surface area (Å²) in [6.07, 6.45) is 3.14. The summed E-state index contributed by atoms with van der Waals surface area (Å²) < 4.78 is 13.2. The number of ether oxygens (including phenoxy) is 2. The lowest BCUT2D eigenvalue weighted by Gasteiger charge is -2.31. The van der Waals surface area contributed by atoms with Crippen LogP contribution in [-0.4, -0.2) is 28.8 Å². The third-order valence-corrected chi connectivity index (χ3v) is 8.74. The number of nitro benzene ring substituents is 1. The first-order chi connectivity index (χ1) is 19.3. The summed E-state index contributed by atoms with van der Waals surface area (Å²) >= 11 is 4.39. The summed E-state index contributed by atoms with van der Waals surface area (Å²) in [5.74, 6) is 0.670. The largest absolute Gasteiger partial charge is 0.501 e. The number of hydrogen-bond acceptors (Lipinski definition) is 8. The zero-order chi connectivity index (χ0) is 28.1. The van der Waals surface area contributed by atoms with E-state index < -0.39 is 22.4 Å². The van der Waals surface area contributed by atoms with Crippen LogP contribution in [0.3, 0.4) is 0 Å². The number of nitrogens with zero attached hydrogens (tertiary/aromatic N) is 3. The van der Waals surface area contributed by atoms with Crippen molar-refractivity contribution in [3.63, 3.8) is 0 Å². The lowest BCUT2D eigenvalue weighted by molar-refractivity contribution is -0.386. The van der Waals surface area contributed by atoms with Crippen LogP contribution in [0.2, 0.25) is 0 Å². The minimum atomic E-state index is -0.665. The predicted molar refractivity (Wildman–Crippen MR) is 155 cm³/mol. The minimum Gasteiger partial charge on any atom is -0.501 e. The first kappa shape index (κ1) is 26.0. The molecular weight excluding hydrogens is 598 g/mol. The van der Waals surface area contributed by atoms with Crippen LogP contribution >= 0.6 is 27.3 Å². The predicted octanol–water partition coefficient (Wildman–Crippen LogP) is 4.71. The van der Waals surface area contributed by atoms with Crippen LogP contribution < -0.4 is 24.4 Å². The van der Waals surface area contributed by atoms with Gasteiger partial charge in [-0.2, -0.15) is 0 Å². The Kier molecular flexibility index (Phi) is 6.55. The molecule has 3 aromatic carbocycles. The van der Waals surface area contributed by atoms with E-state index in [-0.39, 0.29) is 10.0 Å². The van der Waals surface area contributed by atoms with E-state index in [9.17, 15) is 20.0 Å². The number of phenolic OH excluding ortho intramolecular Hbond substituents is 1. The van der Waals surface area contributed by atoms with E-state index in [4.69, 9.17) is 14.5 Å². The Morgan fingerprint density at radius 1 is 1.12 bits per heavy atom. The molecule has 40 heavy (non-hydrogen) atoms. The number of methoxy groups -OCH3 is 2. The SMILES string of the molecule is COc1ccc([C@@H]2C3=C(N=c4s/c(=C\c5cc(Br)c(O)c([N+](=O)[O-])c5)c(=O)n42)c2ccccc2CC3)cc1OC. The van der Waals surface area contributed by atoms with Gasteiger partial charge in [0.05, 0.1) is 39.9 Å². The van der Waals surface area contributed by atoms with Gasteiger partial charge in [0.2, 0.25) is 5.75 Å². The highest BCUT2D eigenvalue weighted by molar-refractivity contribution is 9.10. The van der Waals surface area contributed by atoms with Gasteiger partial charge in [-0.25, -0.2) is 4.99 Å². The van der Waals surface area contributed by atoms with Crippen LogP contribution in [0.4, 0.5) is 5.69 Å². The van der Waals surface area contributed by atoms with E-state index in [2.05, 4.69) is 28.1 Å². The Labute approximate surface area is 240 Å². The number of nitro groups is 1. The molecule has 0 spiro atoms. The van der Waals surface area contributed by atoms with Gasteiger partial charge in [0, 0.05) is 11.6 Å². The minimum absolute atomic E-state index is 0.163. The molecule has 0 amide bonds. The number of benzene rings is 3. The summed E-state index contributed by atoms with van der Waals surface area (Å²) in [6.45, 7) is 0. The number of fused-ring (bicyclic) bond motifs is 3. The fourth-order valence-corrected chi connectivity index (χ4v) is 6.79. The van der Waals surface area contributed by atoms with Gasteiger partial charge in [0.1, 0.15) is 0 Å². The molecule has 4 aromatic rings. The van der Waals surface area contributed by atoms with Crippen molar-refractivity contribution in [2.24, 2.45) is 4.99 Å². The van der Waals surface area contributed by atoms with Crippen LogP contribution in [0, 0.1) is 10.1 Å². The average molecular weight is 620 g/mol. The molecule has 1 aliphatic carbocycles. The molecule has 202 valence electrons. The number of aromatic nitrogens is 1. The molecule has 0 saturated heterocycles. The van der Waals surface area contributed by atoms with E-state index in [1.54, 1.807) is 24.9 Å². The number of hydrogen-bond donors (Lipinski definition) is 1. The van der Waals surface area contributed by atoms with E-state index >= 15 is 0 Å². The second-order valence-electron chi connectivity index (χ2n) is 9.36. The number of allylic oxidation sites excluding steroid dienone is 1. The molecule has 9 nitrogen and oxygen atoms in total. The smallest absolute Gasteiger partial charge is 0.312 e. The molecule has 1 aromatic heterocycles. The van der Waals surface area contributed by atoms with Crippen molar-refractivity contribution >= 4 is 44.7 Å². The normalized spacial score (nSPS) is 16.1. The summed E-state index contributed by atoms with van der Waals surface area (Å²) in [7, 11) is 3.15. The zero-order valence-electron chi connectivity index (χ0n) is 21.4. The quantitative estimate of drug-likeness (QED) is 0.255. The third-order valence-electron chi connectivity index (χ3n) is 7.16. The first-order valence-electron chi connectivity index (χ1n) is 12.3. The van der Waals surface area contributed by atoms with E-state index in [1.807, 2.05) is 30.3 Å². The maximum absolute atomic E-state index is 14.0. The van der Waals surface area contributed by atoms with Crippen LogP contribution in [0.1, 0.15) is 34.7 Å². The lowest BCUT2D eigenvalue weighted by atomic mass is 9.83. The molecule has 2 aliphatic rings. The van der Waals surface area contributed by atoms with Gasteiger partial charge < -0.3 is 14.6 Å². The van der Waals surface area contributed by atoms with Crippen molar-refractivity contribution < 1.29 is 19.5 Å². The summed E-state index contributed by atoms with van der Waals surface area (Å²) in [4.78, 5) is 30.3. The fourth-order valence-electron chi connectivity index (χ4n) is 5.32. The van der Waals surface area contributed by atoms with Gasteiger partial charge in [0.25, 0.3) is 5.56 Å². The number of phenols is 1. The number of thiazole rings is 1. The van der Waals surface area contributed by atoms with Gasteiger partial charge in [-0.05, 0) is 75.3 Å². The lowest BCUT2D eigenvalue weighted by Crippen LogP contribution is -2.38. The van der Waals surface area contributed by atoms with Crippen molar-refractivity contribution in [3.05, 3.63) is 117 Å². The monoisotopic (exact) mass is 619 g/mol. The standard InChI is InChI=1S/C29H22BrN3O6S/c1-38-22-10-8-17(14-23(22)39-2)26-19-9-7-16-5-3-4-6-18(16)25(19)31-29-32(26)28(35)24(40-29)13-15-11-20(30)27(34)21(12-15)33(36)37/h3-6,8,10-14,26,34H,7,9H2,1-2H3/b24-13-/t26-/m1/s1. The molecule has 6 rings (SSSR count). The number of aromatic hydroxyl groups is 1. The topological polar surface area (TPSA) is 116 Å². The Morgan fingerprint density at radius 3 is 2.65 bits per heavy atom. The van der Waals surface area contributed by atoms with Gasteiger partial charge in [-0.3, -0.25) is 19.5 Å². The van der Waals surface area contributed by atoms with Crippen molar-refractivity contribution in [1.29, 1.82) is 0 Å². The van der Waals surface area contributed by atoms with Crippen molar-refractivity contribution in [1.82, 2.24) is 4.57 Å². The van der Waals surface area contributed by atoms with Gasteiger partial charge in [0.15, 0.2) is 16.3 Å². The molecular formula is C29H22BrN3O6S. The molecule has 1 aliphatic heterocycles. The summed E-state index contributed by atoms with van der Waals surface area (Å²) in [6, 6.07) is 16.2. The maximum Gasteiger partial charge on any atom is 0.312 e. The van der Waals surface area contributed by atoms with Crippen LogP contribution in [-0.2, 0) is 6.42 Å². The average Bonchev–Trinajstić information content (AvgIpc) is 3.27. The first-order valence-corrected chi connectivity index (χ1v) is 13.9. The third kappa shape index (κ3) is 4.22. The van der Waals surface area contributed by atoms with Gasteiger partial charge >= 0.3 is 5.69 Å². The second-order valence-corrected chi connectivity index (χ2v) is 11.2. The van der Waals surface area contributed by atoms with Crippen molar-refractivity contribution in [3.8, 4) is 17.2 Å². The second kappa shape index (κ2) is 10.1. The molecule has 0 bridgehead atoms. The fraction of sp³-hybridized carbons (Fsp3) is 0.172. The highest BCUT2D eigenvalue weighted by atomic mass is 79.9. The number of rotatable bonds is 5. The van der Waals surface area contributed by atoms with Crippen molar-refractivity contribution in [2.45, 2.75) is 18.9 Å². The zero-order valence-corrected chi connectivity index (χ0v) is 23.8. The summed E-state index contributed by atoms with van der Waals surface area (Å²) in [5.41, 5.74) is 4.68. The van der Waals surface area contributed by atoms with Crippen LogP contribution in [0.25, 0.3) is 11.8 Å². The molecule has 2 heterocycles. The highest BCUT2D eigenvalue weighted by Gasteiger charge is 2.33. The Bertz CT molecular complexity index is 1930. The maximum atomic E-state index is 14.0. The van der Waals surface area contributed by atoms with E-state index in [1.165, 1.54) is 29.0 Å². The van der Waals surface area contributed by atoms with E-state index in [0.29, 0.717) is 26.4 Å². The van der Waals surface area contributed by atoms with Gasteiger partial charge in [-0.15, -0.1) is 0 Å². The number of halogens is 1. The molecule has 0 unspecified atom stereocenters. The van der Waals surface area contributed by atoms with Crippen molar-refractivity contribution in [2.75, 3.05) is 14.2 Å². The molecule has 0 saturated carbocycles. The van der Waals surface area contributed by atoms with E-state index in [0.717, 1.165) is 35.2 Å². The molecule has 1 atom stereocenters. The summed E-state index contributed by atoms with van der Waals surface area (Å²) in [5, 5.41) is 21.5. The van der Waals surface area contributed by atoms with Crippen LogP contribution in [0.15, 0.2) is 74.4 Å². The Hall–Kier alpha value is -4.22. The van der Waals surface area contributed by atoms with Crippen LogP contribution in [0.5, 0.6) is 17.2 Å². The molecule has 0 fully saturated rings. The Morgan fingerprint density at radius 2 is 1.90 bits per heavy atom. The van der Waals surface area contributed by atoms with Gasteiger partial charge in [-0.1, -0.05) is 41.7 Å². The molecule has 0 radical (unpaired) electrons. The number of aryl methyl sites for hydroxylation is 1. The highest BCUT2D eigenvalue weighted by Crippen LogP contribution is 2.43. The molecule has 11 heteroatoms.